The number of benzene rings is 1. The van der Waals surface area contributed by atoms with Crippen LogP contribution < -0.4 is 0 Å². The van der Waals surface area contributed by atoms with Gasteiger partial charge in [-0.2, -0.15) is 0 Å². The van der Waals surface area contributed by atoms with Crippen molar-refractivity contribution in [1.82, 2.24) is 4.90 Å². The van der Waals surface area contributed by atoms with Crippen molar-refractivity contribution in [2.24, 2.45) is 0 Å². The maximum absolute atomic E-state index is 12.4. The number of nitrogens with zero attached hydrogens (tertiary/aromatic N) is 1. The second kappa shape index (κ2) is 8.09. The number of hydrogen-bond acceptors (Lipinski definition) is 3. The van der Waals surface area contributed by atoms with E-state index < -0.39 is 0 Å². The van der Waals surface area contributed by atoms with Crippen LogP contribution in [-0.2, 0) is 4.74 Å². The predicted octanol–water partition coefficient (Wildman–Crippen LogP) is 5.62. The van der Waals surface area contributed by atoms with E-state index >= 15 is 0 Å². The molecule has 4 heteroatoms. The Labute approximate surface area is 144 Å². The van der Waals surface area contributed by atoms with Gasteiger partial charge in [0.2, 0.25) is 0 Å². The van der Waals surface area contributed by atoms with Crippen molar-refractivity contribution in [3.05, 3.63) is 35.9 Å². The van der Waals surface area contributed by atoms with E-state index in [0.717, 1.165) is 18.4 Å². The molecule has 1 aliphatic rings. The Kier molecular flexibility index (Phi) is 6.40. The SMILES string of the molecule is CCCCC[C@H]1[C@@H](c2ccccc2)OC(=O)N1CSC(C)(C)C. The van der Waals surface area contributed by atoms with Gasteiger partial charge >= 0.3 is 6.09 Å². The zero-order valence-corrected chi connectivity index (χ0v) is 15.6. The summed E-state index contributed by atoms with van der Waals surface area (Å²) in [5.74, 6) is 0.697. The zero-order valence-electron chi connectivity index (χ0n) is 14.7. The first-order valence-electron chi connectivity index (χ1n) is 8.58. The average Bonchev–Trinajstić information content (AvgIpc) is 2.82. The number of cyclic esters (lactones) is 1. The lowest BCUT2D eigenvalue weighted by Gasteiger charge is -2.27. The molecule has 0 N–H and O–H groups in total. The Bertz CT molecular complexity index is 498. The van der Waals surface area contributed by atoms with Crippen molar-refractivity contribution in [2.75, 3.05) is 5.88 Å². The molecule has 0 bridgehead atoms. The summed E-state index contributed by atoms with van der Waals surface area (Å²) in [5, 5.41) is 0. The third-order valence-corrected chi connectivity index (χ3v) is 5.35. The van der Waals surface area contributed by atoms with E-state index in [4.69, 9.17) is 4.74 Å². The molecule has 0 spiro atoms. The largest absolute Gasteiger partial charge is 0.439 e. The molecule has 1 heterocycles. The van der Waals surface area contributed by atoms with E-state index in [1.165, 1.54) is 12.8 Å². The molecule has 1 fully saturated rings. The Morgan fingerprint density at radius 2 is 1.87 bits per heavy atom. The van der Waals surface area contributed by atoms with Crippen LogP contribution in [0.15, 0.2) is 30.3 Å². The number of hydrogen-bond donors (Lipinski definition) is 0. The molecular weight excluding hydrogens is 306 g/mol. The lowest BCUT2D eigenvalue weighted by atomic mass is 9.97. The molecule has 0 unspecified atom stereocenters. The predicted molar refractivity (Wildman–Crippen MR) is 97.6 cm³/mol. The minimum Gasteiger partial charge on any atom is -0.439 e. The first kappa shape index (κ1) is 18.2. The molecule has 23 heavy (non-hydrogen) atoms. The average molecular weight is 336 g/mol. The Morgan fingerprint density at radius 1 is 1.17 bits per heavy atom. The highest BCUT2D eigenvalue weighted by molar-refractivity contribution is 8.00. The second-order valence-corrected chi connectivity index (χ2v) is 8.91. The van der Waals surface area contributed by atoms with Crippen molar-refractivity contribution in [2.45, 2.75) is 70.3 Å². The summed E-state index contributed by atoms with van der Waals surface area (Å²) in [4.78, 5) is 14.3. The highest BCUT2D eigenvalue weighted by atomic mass is 32.2. The number of thioether (sulfide) groups is 1. The summed E-state index contributed by atoms with van der Waals surface area (Å²) in [7, 11) is 0. The van der Waals surface area contributed by atoms with Gasteiger partial charge in [0.1, 0.15) is 6.10 Å². The van der Waals surface area contributed by atoms with Crippen LogP contribution in [0.4, 0.5) is 4.79 Å². The van der Waals surface area contributed by atoms with E-state index in [2.05, 4.69) is 39.8 Å². The van der Waals surface area contributed by atoms with Crippen LogP contribution in [0, 0.1) is 0 Å². The maximum Gasteiger partial charge on any atom is 0.411 e. The molecular formula is C19H29NO2S. The van der Waals surface area contributed by atoms with Crippen LogP contribution in [0.2, 0.25) is 0 Å². The van der Waals surface area contributed by atoms with Crippen LogP contribution >= 0.6 is 11.8 Å². The molecule has 1 aliphatic heterocycles. The van der Waals surface area contributed by atoms with Crippen LogP contribution in [0.1, 0.15) is 65.0 Å². The summed E-state index contributed by atoms with van der Waals surface area (Å²) in [6.07, 6.45) is 4.22. The van der Waals surface area contributed by atoms with Crippen molar-refractivity contribution in [3.8, 4) is 0 Å². The molecule has 2 atom stereocenters. The summed E-state index contributed by atoms with van der Waals surface area (Å²) in [6.45, 7) is 8.75. The van der Waals surface area contributed by atoms with Gasteiger partial charge in [-0.25, -0.2) is 4.79 Å². The van der Waals surface area contributed by atoms with E-state index in [-0.39, 0.29) is 23.0 Å². The zero-order chi connectivity index (χ0) is 16.9. The molecule has 2 rings (SSSR count). The Balaban J connectivity index is 2.13. The highest BCUT2D eigenvalue weighted by Gasteiger charge is 2.42. The number of rotatable bonds is 7. The molecule has 1 aromatic rings. The van der Waals surface area contributed by atoms with Gasteiger partial charge in [-0.1, -0.05) is 77.3 Å². The summed E-state index contributed by atoms with van der Waals surface area (Å²) in [6, 6.07) is 10.3. The minimum absolute atomic E-state index is 0.138. The summed E-state index contributed by atoms with van der Waals surface area (Å²) < 4.78 is 5.88. The van der Waals surface area contributed by atoms with Gasteiger partial charge in [0.15, 0.2) is 0 Å². The third-order valence-electron chi connectivity index (χ3n) is 4.08. The first-order valence-corrected chi connectivity index (χ1v) is 9.57. The molecule has 1 aromatic carbocycles. The van der Waals surface area contributed by atoms with Gasteiger partial charge in [0.05, 0.1) is 11.9 Å². The quantitative estimate of drug-likeness (QED) is 0.606. The molecule has 128 valence electrons. The number of carbonyl (C=O) groups is 1. The topological polar surface area (TPSA) is 29.5 Å². The maximum atomic E-state index is 12.4. The van der Waals surface area contributed by atoms with Crippen LogP contribution in [0.25, 0.3) is 0 Å². The monoisotopic (exact) mass is 335 g/mol. The summed E-state index contributed by atoms with van der Waals surface area (Å²) >= 11 is 1.80. The molecule has 0 aliphatic carbocycles. The summed E-state index contributed by atoms with van der Waals surface area (Å²) in [5.41, 5.74) is 1.10. The van der Waals surface area contributed by atoms with E-state index in [1.807, 2.05) is 23.1 Å². The first-order chi connectivity index (χ1) is 10.9. The minimum atomic E-state index is -0.169. The second-order valence-electron chi connectivity index (χ2n) is 7.13. The normalized spacial score (nSPS) is 21.6. The van der Waals surface area contributed by atoms with Crippen molar-refractivity contribution in [1.29, 1.82) is 0 Å². The fourth-order valence-electron chi connectivity index (χ4n) is 2.81. The smallest absolute Gasteiger partial charge is 0.411 e. The van der Waals surface area contributed by atoms with Crippen molar-refractivity contribution in [3.63, 3.8) is 0 Å². The van der Waals surface area contributed by atoms with Crippen LogP contribution in [0.5, 0.6) is 0 Å². The Morgan fingerprint density at radius 3 is 2.48 bits per heavy atom. The fraction of sp³-hybridized carbons (Fsp3) is 0.632. The molecule has 3 nitrogen and oxygen atoms in total. The lowest BCUT2D eigenvalue weighted by Crippen LogP contribution is -2.35. The van der Waals surface area contributed by atoms with Crippen molar-refractivity contribution < 1.29 is 9.53 Å². The molecule has 0 aromatic heterocycles. The number of carbonyl (C=O) groups excluding carboxylic acids is 1. The van der Waals surface area contributed by atoms with Crippen LogP contribution in [0.3, 0.4) is 0 Å². The standard InChI is InChI=1S/C19H29NO2S/c1-5-6-8-13-16-17(15-11-9-7-10-12-15)22-18(21)20(16)14-23-19(2,3)4/h7,9-12,16-17H,5-6,8,13-14H2,1-4H3/t16-,17+/m0/s1. The van der Waals surface area contributed by atoms with Gasteiger partial charge in [0, 0.05) is 4.75 Å². The molecule has 1 saturated heterocycles. The molecule has 0 radical (unpaired) electrons. The van der Waals surface area contributed by atoms with E-state index in [9.17, 15) is 4.79 Å². The lowest BCUT2D eigenvalue weighted by molar-refractivity contribution is 0.129. The highest BCUT2D eigenvalue weighted by Crippen LogP contribution is 2.37. The Hall–Kier alpha value is -1.16. The van der Waals surface area contributed by atoms with Gasteiger partial charge in [-0.3, -0.25) is 4.90 Å². The molecule has 1 amide bonds. The van der Waals surface area contributed by atoms with Gasteiger partial charge in [-0.05, 0) is 12.0 Å². The van der Waals surface area contributed by atoms with Crippen molar-refractivity contribution >= 4 is 17.9 Å². The van der Waals surface area contributed by atoms with Crippen LogP contribution in [-0.4, -0.2) is 27.7 Å². The van der Waals surface area contributed by atoms with E-state index in [1.54, 1.807) is 11.8 Å². The van der Waals surface area contributed by atoms with Gasteiger partial charge < -0.3 is 4.74 Å². The number of amides is 1. The number of unbranched alkanes of at least 4 members (excludes halogenated alkanes) is 2. The fourth-order valence-corrected chi connectivity index (χ4v) is 3.63. The molecule has 0 saturated carbocycles. The van der Waals surface area contributed by atoms with Gasteiger partial charge in [-0.15, -0.1) is 11.8 Å². The third kappa shape index (κ3) is 5.17. The number of ether oxygens (including phenoxy) is 1. The van der Waals surface area contributed by atoms with E-state index in [0.29, 0.717) is 5.88 Å². The van der Waals surface area contributed by atoms with Gasteiger partial charge in [0.25, 0.3) is 0 Å².